The first-order valence-electron chi connectivity index (χ1n) is 8.89. The average molecular weight is 409 g/mol. The fourth-order valence-corrected chi connectivity index (χ4v) is 4.26. The van der Waals surface area contributed by atoms with E-state index in [1.165, 1.54) is 29.5 Å². The Kier molecular flexibility index (Phi) is 5.18. The molecule has 4 rings (SSSR count). The van der Waals surface area contributed by atoms with Gasteiger partial charge in [0.25, 0.3) is 0 Å². The molecule has 0 bridgehead atoms. The number of ether oxygens (including phenoxy) is 1. The molecule has 0 N–H and O–H groups in total. The minimum absolute atomic E-state index is 0.00125. The van der Waals surface area contributed by atoms with Crippen LogP contribution in [0.3, 0.4) is 0 Å². The normalized spacial score (nSPS) is 13.8. The van der Waals surface area contributed by atoms with E-state index in [1.54, 1.807) is 17.2 Å². The van der Waals surface area contributed by atoms with E-state index in [0.29, 0.717) is 18.8 Å². The molecule has 1 amide bonds. The van der Waals surface area contributed by atoms with E-state index < -0.39 is 5.82 Å². The molecule has 0 aliphatic carbocycles. The Labute approximate surface area is 169 Å². The quantitative estimate of drug-likeness (QED) is 0.416. The Balaban J connectivity index is 1.63. The highest BCUT2D eigenvalue weighted by Crippen LogP contribution is 2.39. The molecule has 0 fully saturated rings. The average Bonchev–Trinajstić information content (AvgIpc) is 3.20. The summed E-state index contributed by atoms with van der Waals surface area (Å²) < 4.78 is 20.7. The molecule has 1 aliphatic rings. The molecule has 3 heterocycles. The third-order valence-corrected chi connectivity index (χ3v) is 5.84. The molecule has 0 spiro atoms. The van der Waals surface area contributed by atoms with Gasteiger partial charge in [-0.1, -0.05) is 12.7 Å². The minimum Gasteiger partial charge on any atom is -0.453 e. The number of benzene rings is 1. The summed E-state index contributed by atoms with van der Waals surface area (Å²) in [7, 11) is 0. The van der Waals surface area contributed by atoms with Crippen LogP contribution in [0.5, 0.6) is 11.5 Å². The van der Waals surface area contributed by atoms with Gasteiger partial charge in [0, 0.05) is 36.3 Å². The van der Waals surface area contributed by atoms with Crippen molar-refractivity contribution in [3.05, 3.63) is 70.9 Å². The number of halogens is 1. The molecule has 2 aromatic heterocycles. The van der Waals surface area contributed by atoms with Gasteiger partial charge in [0.1, 0.15) is 11.4 Å². The molecule has 1 aromatic carbocycles. The lowest BCUT2D eigenvalue weighted by Gasteiger charge is -2.24. The van der Waals surface area contributed by atoms with Crippen LogP contribution in [-0.2, 0) is 4.79 Å². The number of aromatic nitrogens is 1. The zero-order chi connectivity index (χ0) is 20.4. The first-order chi connectivity index (χ1) is 14.1. The largest absolute Gasteiger partial charge is 0.453 e. The summed E-state index contributed by atoms with van der Waals surface area (Å²) in [5.41, 5.74) is 1.89. The van der Waals surface area contributed by atoms with E-state index in [4.69, 9.17) is 4.74 Å². The molecule has 29 heavy (non-hydrogen) atoms. The Bertz CT molecular complexity index is 1160. The molecule has 0 atom stereocenters. The van der Waals surface area contributed by atoms with E-state index in [-0.39, 0.29) is 17.3 Å². The minimum atomic E-state index is -0.661. The van der Waals surface area contributed by atoms with Gasteiger partial charge in [0.2, 0.25) is 5.91 Å². The maximum atomic E-state index is 14.2. The fourth-order valence-electron chi connectivity index (χ4n) is 3.12. The number of pyridine rings is 1. The third kappa shape index (κ3) is 3.79. The predicted octanol–water partition coefficient (Wildman–Crippen LogP) is 5.43. The van der Waals surface area contributed by atoms with E-state index in [0.717, 1.165) is 33.2 Å². The van der Waals surface area contributed by atoms with Crippen molar-refractivity contribution in [3.8, 4) is 11.5 Å². The van der Waals surface area contributed by atoms with Crippen molar-refractivity contribution in [3.63, 3.8) is 0 Å². The summed E-state index contributed by atoms with van der Waals surface area (Å²) >= 11 is 1.51. The maximum Gasteiger partial charge on any atom is 0.246 e. The summed E-state index contributed by atoms with van der Waals surface area (Å²) in [5, 5.41) is 2.72. The number of amides is 1. The summed E-state index contributed by atoms with van der Waals surface area (Å²) in [4.78, 5) is 29.4. The van der Waals surface area contributed by atoms with Gasteiger partial charge in [-0.05, 0) is 41.4 Å². The Morgan fingerprint density at radius 1 is 1.31 bits per heavy atom. The van der Waals surface area contributed by atoms with Crippen molar-refractivity contribution in [1.29, 1.82) is 0 Å². The van der Waals surface area contributed by atoms with Crippen molar-refractivity contribution in [2.24, 2.45) is 5.18 Å². The molecule has 0 radical (unpaired) electrons. The topological polar surface area (TPSA) is 71.9 Å². The molecule has 146 valence electrons. The highest BCUT2D eigenvalue weighted by molar-refractivity contribution is 7.20. The Morgan fingerprint density at radius 2 is 2.17 bits per heavy atom. The zero-order valence-corrected chi connectivity index (χ0v) is 16.1. The van der Waals surface area contributed by atoms with Crippen LogP contribution < -0.4 is 4.74 Å². The highest BCUT2D eigenvalue weighted by Gasteiger charge is 2.19. The maximum absolute atomic E-state index is 14.2. The second kappa shape index (κ2) is 7.92. The lowest BCUT2D eigenvalue weighted by molar-refractivity contribution is -0.125. The summed E-state index contributed by atoms with van der Waals surface area (Å²) in [5.74, 6) is -0.246. The van der Waals surface area contributed by atoms with Crippen LogP contribution in [0, 0.1) is 10.7 Å². The van der Waals surface area contributed by atoms with Gasteiger partial charge in [-0.25, -0.2) is 4.39 Å². The van der Waals surface area contributed by atoms with Crippen LogP contribution in [-0.4, -0.2) is 28.9 Å². The Hall–Kier alpha value is -3.39. The number of carbonyl (C=O) groups excluding carboxylic acids is 1. The highest BCUT2D eigenvalue weighted by atomic mass is 32.1. The number of rotatable bonds is 5. The van der Waals surface area contributed by atoms with Crippen LogP contribution in [0.2, 0.25) is 0 Å². The second-order valence-electron chi connectivity index (χ2n) is 6.41. The lowest BCUT2D eigenvalue weighted by atomic mass is 10.1. The second-order valence-corrected chi connectivity index (χ2v) is 7.46. The molecule has 0 unspecified atom stereocenters. The molecule has 3 aromatic rings. The molecule has 0 saturated heterocycles. The Morgan fingerprint density at radius 3 is 2.86 bits per heavy atom. The summed E-state index contributed by atoms with van der Waals surface area (Å²) in [6, 6.07) is 7.45. The predicted molar refractivity (Wildman–Crippen MR) is 111 cm³/mol. The van der Waals surface area contributed by atoms with Crippen LogP contribution in [0.15, 0.2) is 60.4 Å². The summed E-state index contributed by atoms with van der Waals surface area (Å²) in [6.07, 6.45) is 5.69. The van der Waals surface area contributed by atoms with Crippen LogP contribution in [0.4, 0.5) is 10.1 Å². The SMILES string of the molecule is C=CC(=O)N1CC=C(c2cc3nccc(Oc4ccc(N=O)cc4F)c3s2)CC1. The van der Waals surface area contributed by atoms with Crippen molar-refractivity contribution in [2.75, 3.05) is 13.1 Å². The van der Waals surface area contributed by atoms with Crippen LogP contribution in [0.25, 0.3) is 15.8 Å². The van der Waals surface area contributed by atoms with Gasteiger partial charge in [-0.3, -0.25) is 9.78 Å². The fraction of sp³-hybridized carbons (Fsp3) is 0.143. The van der Waals surface area contributed by atoms with Gasteiger partial charge in [-0.15, -0.1) is 16.2 Å². The van der Waals surface area contributed by atoms with Gasteiger partial charge in [0.05, 0.1) is 10.2 Å². The third-order valence-electron chi connectivity index (χ3n) is 4.63. The van der Waals surface area contributed by atoms with Gasteiger partial charge in [0.15, 0.2) is 11.6 Å². The molecular weight excluding hydrogens is 393 g/mol. The first-order valence-corrected chi connectivity index (χ1v) is 9.70. The number of nitroso groups, excluding NO2 is 1. The lowest BCUT2D eigenvalue weighted by Crippen LogP contribution is -2.33. The molecule has 1 aliphatic heterocycles. The monoisotopic (exact) mass is 409 g/mol. The first kappa shape index (κ1) is 18.9. The van der Waals surface area contributed by atoms with Gasteiger partial charge in [-0.2, -0.15) is 0 Å². The van der Waals surface area contributed by atoms with E-state index in [2.05, 4.69) is 16.7 Å². The smallest absolute Gasteiger partial charge is 0.246 e. The van der Waals surface area contributed by atoms with Crippen molar-refractivity contribution in [2.45, 2.75) is 6.42 Å². The molecule has 8 heteroatoms. The number of hydrogen-bond donors (Lipinski definition) is 0. The van der Waals surface area contributed by atoms with Crippen molar-refractivity contribution < 1.29 is 13.9 Å². The molecule has 6 nitrogen and oxygen atoms in total. The molecular formula is C21H16FN3O3S. The van der Waals surface area contributed by atoms with E-state index >= 15 is 0 Å². The van der Waals surface area contributed by atoms with Gasteiger partial charge < -0.3 is 9.64 Å². The molecule has 0 saturated carbocycles. The number of thiophene rings is 1. The van der Waals surface area contributed by atoms with Crippen molar-refractivity contribution >= 4 is 38.7 Å². The van der Waals surface area contributed by atoms with E-state index in [9.17, 15) is 14.1 Å². The summed E-state index contributed by atoms with van der Waals surface area (Å²) in [6.45, 7) is 4.69. The number of hydrogen-bond acceptors (Lipinski definition) is 6. The number of nitrogens with zero attached hydrogens (tertiary/aromatic N) is 3. The van der Waals surface area contributed by atoms with E-state index in [1.807, 2.05) is 12.1 Å². The number of carbonyl (C=O) groups is 1. The number of fused-ring (bicyclic) bond motifs is 1. The van der Waals surface area contributed by atoms with Crippen LogP contribution >= 0.6 is 11.3 Å². The van der Waals surface area contributed by atoms with Crippen LogP contribution in [0.1, 0.15) is 11.3 Å². The zero-order valence-electron chi connectivity index (χ0n) is 15.3. The van der Waals surface area contributed by atoms with Crippen molar-refractivity contribution in [1.82, 2.24) is 9.88 Å². The van der Waals surface area contributed by atoms with Gasteiger partial charge >= 0.3 is 0 Å². The standard InChI is InChI=1S/C21H16FN3O3S/c1-2-20(26)25-9-6-13(7-10-25)19-12-16-21(29-19)18(5-8-23-16)28-17-4-3-14(24-27)11-15(17)22/h2-6,8,11-12H,1,7,9-10H2.